The van der Waals surface area contributed by atoms with Gasteiger partial charge in [-0.05, 0) is 24.3 Å². The van der Waals surface area contributed by atoms with E-state index in [-0.39, 0.29) is 11.6 Å². The fraction of sp³-hybridized carbons (Fsp3) is 0.154. The molecule has 1 heterocycles. The Morgan fingerprint density at radius 1 is 1.18 bits per heavy atom. The minimum Gasteiger partial charge on any atom is -0.481 e. The van der Waals surface area contributed by atoms with Crippen LogP contribution >= 0.6 is 0 Å². The SMILES string of the molecule is COc1ccc(NS(=O)(=O)c2cccc(C(F)(F)F)c2)cn1. The standard InChI is InChI=1S/C13H11F3N2O3S/c1-21-12-6-5-10(8-17-12)18-22(19,20)11-4-2-3-9(7-11)13(14,15)16/h2-8,18H,1H3. The highest BCUT2D eigenvalue weighted by Gasteiger charge is 2.31. The Labute approximate surface area is 124 Å². The molecule has 0 spiro atoms. The Morgan fingerprint density at radius 2 is 1.91 bits per heavy atom. The molecular formula is C13H11F3N2O3S. The van der Waals surface area contributed by atoms with Crippen LogP contribution in [-0.4, -0.2) is 20.5 Å². The van der Waals surface area contributed by atoms with Gasteiger partial charge in [-0.25, -0.2) is 13.4 Å². The van der Waals surface area contributed by atoms with E-state index in [1.54, 1.807) is 0 Å². The first-order valence-corrected chi connectivity index (χ1v) is 7.41. The van der Waals surface area contributed by atoms with Gasteiger partial charge >= 0.3 is 6.18 Å². The Kier molecular flexibility index (Phi) is 4.27. The van der Waals surface area contributed by atoms with Crippen LogP contribution in [0.3, 0.4) is 0 Å². The quantitative estimate of drug-likeness (QED) is 0.935. The zero-order valence-electron chi connectivity index (χ0n) is 11.3. The number of methoxy groups -OCH3 is 1. The topological polar surface area (TPSA) is 68.3 Å². The van der Waals surface area contributed by atoms with Crippen LogP contribution in [0.4, 0.5) is 18.9 Å². The fourth-order valence-electron chi connectivity index (χ4n) is 1.62. The van der Waals surface area contributed by atoms with E-state index in [1.807, 2.05) is 0 Å². The monoisotopic (exact) mass is 332 g/mol. The predicted molar refractivity (Wildman–Crippen MR) is 73.0 cm³/mol. The molecule has 0 radical (unpaired) electrons. The second-order valence-corrected chi connectivity index (χ2v) is 5.90. The summed E-state index contributed by atoms with van der Waals surface area (Å²) in [6.07, 6.45) is -3.42. The lowest BCUT2D eigenvalue weighted by Crippen LogP contribution is -2.14. The number of nitrogens with one attached hydrogen (secondary N) is 1. The predicted octanol–water partition coefficient (Wildman–Crippen LogP) is 2.91. The van der Waals surface area contributed by atoms with Gasteiger partial charge in [0.15, 0.2) is 0 Å². The highest BCUT2D eigenvalue weighted by atomic mass is 32.2. The van der Waals surface area contributed by atoms with E-state index in [0.29, 0.717) is 6.07 Å². The second-order valence-electron chi connectivity index (χ2n) is 4.22. The molecule has 0 aliphatic carbocycles. The lowest BCUT2D eigenvalue weighted by molar-refractivity contribution is -0.137. The van der Waals surface area contributed by atoms with Crippen molar-refractivity contribution in [3.63, 3.8) is 0 Å². The number of aromatic nitrogens is 1. The average Bonchev–Trinajstić information content (AvgIpc) is 2.47. The van der Waals surface area contributed by atoms with Gasteiger partial charge in [-0.15, -0.1) is 0 Å². The summed E-state index contributed by atoms with van der Waals surface area (Å²) in [5.74, 6) is 0.280. The van der Waals surface area contributed by atoms with Gasteiger partial charge in [0.25, 0.3) is 10.0 Å². The molecule has 0 saturated heterocycles. The van der Waals surface area contributed by atoms with Gasteiger partial charge in [-0.3, -0.25) is 4.72 Å². The van der Waals surface area contributed by atoms with Crippen molar-refractivity contribution in [2.24, 2.45) is 0 Å². The van der Waals surface area contributed by atoms with Gasteiger partial charge in [0.2, 0.25) is 5.88 Å². The number of benzene rings is 1. The largest absolute Gasteiger partial charge is 0.481 e. The molecule has 22 heavy (non-hydrogen) atoms. The highest BCUT2D eigenvalue weighted by Crippen LogP contribution is 2.30. The summed E-state index contributed by atoms with van der Waals surface area (Å²) in [4.78, 5) is 3.31. The van der Waals surface area contributed by atoms with Gasteiger partial charge in [0, 0.05) is 6.07 Å². The maximum absolute atomic E-state index is 12.6. The van der Waals surface area contributed by atoms with E-state index >= 15 is 0 Å². The molecule has 0 atom stereocenters. The maximum atomic E-state index is 12.6. The smallest absolute Gasteiger partial charge is 0.416 e. The van der Waals surface area contributed by atoms with E-state index in [9.17, 15) is 21.6 Å². The summed E-state index contributed by atoms with van der Waals surface area (Å²) in [7, 11) is -2.75. The van der Waals surface area contributed by atoms with E-state index in [2.05, 4.69) is 9.71 Å². The van der Waals surface area contributed by atoms with Gasteiger partial charge in [0.1, 0.15) is 0 Å². The Hall–Kier alpha value is -2.29. The van der Waals surface area contributed by atoms with Crippen LogP contribution in [0, 0.1) is 0 Å². The number of sulfonamides is 1. The Morgan fingerprint density at radius 3 is 2.45 bits per heavy atom. The molecular weight excluding hydrogens is 321 g/mol. The third kappa shape index (κ3) is 3.67. The molecule has 0 amide bonds. The van der Waals surface area contributed by atoms with Crippen molar-refractivity contribution in [3.8, 4) is 5.88 Å². The normalized spacial score (nSPS) is 12.0. The molecule has 5 nitrogen and oxygen atoms in total. The van der Waals surface area contributed by atoms with Crippen molar-refractivity contribution < 1.29 is 26.3 Å². The number of rotatable bonds is 4. The molecule has 0 fully saturated rings. The first-order chi connectivity index (χ1) is 10.2. The van der Waals surface area contributed by atoms with Crippen LogP contribution in [0.1, 0.15) is 5.56 Å². The second kappa shape index (κ2) is 5.84. The van der Waals surface area contributed by atoms with Crippen LogP contribution in [0.25, 0.3) is 0 Å². The van der Waals surface area contributed by atoms with E-state index < -0.39 is 26.7 Å². The summed E-state index contributed by atoms with van der Waals surface area (Å²) in [5.41, 5.74) is -0.929. The first-order valence-electron chi connectivity index (χ1n) is 5.92. The van der Waals surface area contributed by atoms with Crippen molar-refractivity contribution in [3.05, 3.63) is 48.2 Å². The number of anilines is 1. The summed E-state index contributed by atoms with van der Waals surface area (Å²) < 4.78 is 69.1. The minimum absolute atomic E-state index is 0.109. The van der Waals surface area contributed by atoms with Crippen molar-refractivity contribution >= 4 is 15.7 Å². The van der Waals surface area contributed by atoms with E-state index in [1.165, 1.54) is 25.4 Å². The highest BCUT2D eigenvalue weighted by molar-refractivity contribution is 7.92. The van der Waals surface area contributed by atoms with E-state index in [4.69, 9.17) is 4.74 Å². The molecule has 2 rings (SSSR count). The molecule has 0 unspecified atom stereocenters. The summed E-state index contributed by atoms with van der Waals surface area (Å²) >= 11 is 0. The van der Waals surface area contributed by atoms with Crippen LogP contribution < -0.4 is 9.46 Å². The van der Waals surface area contributed by atoms with Crippen LogP contribution in [0.15, 0.2) is 47.5 Å². The average molecular weight is 332 g/mol. The first kappa shape index (κ1) is 16.1. The molecule has 118 valence electrons. The Balaban J connectivity index is 2.30. The van der Waals surface area contributed by atoms with Crippen molar-refractivity contribution in [2.75, 3.05) is 11.8 Å². The Bertz CT molecular complexity index is 759. The number of pyridine rings is 1. The number of nitrogens with zero attached hydrogens (tertiary/aromatic N) is 1. The van der Waals surface area contributed by atoms with Crippen LogP contribution in [0.2, 0.25) is 0 Å². The number of halogens is 3. The fourth-order valence-corrected chi connectivity index (χ4v) is 2.70. The van der Waals surface area contributed by atoms with Crippen molar-refractivity contribution in [2.45, 2.75) is 11.1 Å². The third-order valence-corrected chi connectivity index (χ3v) is 4.05. The van der Waals surface area contributed by atoms with Gasteiger partial charge in [-0.1, -0.05) is 6.07 Å². The molecule has 1 aromatic carbocycles. The van der Waals surface area contributed by atoms with Gasteiger partial charge in [-0.2, -0.15) is 13.2 Å². The zero-order valence-corrected chi connectivity index (χ0v) is 12.1. The molecule has 0 saturated carbocycles. The molecule has 1 N–H and O–H groups in total. The minimum atomic E-state index is -4.62. The van der Waals surface area contributed by atoms with Crippen LogP contribution in [0.5, 0.6) is 5.88 Å². The lowest BCUT2D eigenvalue weighted by atomic mass is 10.2. The molecule has 0 aliphatic heterocycles. The number of hydrogen-bond donors (Lipinski definition) is 1. The van der Waals surface area contributed by atoms with Crippen molar-refractivity contribution in [1.29, 1.82) is 0 Å². The number of hydrogen-bond acceptors (Lipinski definition) is 4. The molecule has 0 bridgehead atoms. The van der Waals surface area contributed by atoms with Gasteiger partial charge in [0.05, 0.1) is 29.5 Å². The maximum Gasteiger partial charge on any atom is 0.416 e. The molecule has 1 aromatic heterocycles. The van der Waals surface area contributed by atoms with Crippen molar-refractivity contribution in [1.82, 2.24) is 4.98 Å². The number of alkyl halides is 3. The van der Waals surface area contributed by atoms with Crippen LogP contribution in [-0.2, 0) is 16.2 Å². The summed E-state index contributed by atoms with van der Waals surface area (Å²) in [6, 6.07) is 6.28. The molecule has 9 heteroatoms. The lowest BCUT2D eigenvalue weighted by Gasteiger charge is -2.11. The van der Waals surface area contributed by atoms with Gasteiger partial charge < -0.3 is 4.74 Å². The third-order valence-electron chi connectivity index (χ3n) is 2.67. The number of ether oxygens (including phenoxy) is 1. The summed E-state index contributed by atoms with van der Waals surface area (Å²) in [6.45, 7) is 0. The zero-order chi connectivity index (χ0) is 16.4. The van der Waals surface area contributed by atoms with E-state index in [0.717, 1.165) is 18.2 Å². The molecule has 2 aromatic rings. The molecule has 0 aliphatic rings. The summed E-state index contributed by atoms with van der Waals surface area (Å²) in [5, 5.41) is 0.